The highest BCUT2D eigenvalue weighted by molar-refractivity contribution is 6.04. The number of halogens is 8. The molecule has 1 heterocycles. The number of nitrogens with one attached hydrogen (secondary N) is 1. The van der Waals surface area contributed by atoms with E-state index in [1.165, 1.54) is 30.3 Å². The van der Waals surface area contributed by atoms with Crippen LogP contribution < -0.4 is 10.2 Å². The Bertz CT molecular complexity index is 1410. The maximum Gasteiger partial charge on any atom is 0.490 e. The van der Waals surface area contributed by atoms with Crippen molar-refractivity contribution in [2.24, 2.45) is 0 Å². The second-order valence-electron chi connectivity index (χ2n) is 9.53. The summed E-state index contributed by atoms with van der Waals surface area (Å²) >= 11 is 0. The molecule has 16 heteroatoms. The normalized spacial score (nSPS) is 14.7. The Morgan fingerprint density at radius 2 is 1.38 bits per heavy atom. The summed E-state index contributed by atoms with van der Waals surface area (Å²) in [5.74, 6) is -6.35. The van der Waals surface area contributed by atoms with Crippen LogP contribution in [0.25, 0.3) is 0 Å². The Morgan fingerprint density at radius 3 is 1.87 bits per heavy atom. The first kappa shape index (κ1) is 36.5. The van der Waals surface area contributed by atoms with Crippen LogP contribution in [0.3, 0.4) is 0 Å². The van der Waals surface area contributed by atoms with Crippen molar-refractivity contribution in [1.82, 2.24) is 4.90 Å². The van der Waals surface area contributed by atoms with Gasteiger partial charge in [-0.3, -0.25) is 9.69 Å². The van der Waals surface area contributed by atoms with Crippen LogP contribution in [0.1, 0.15) is 22.3 Å². The largest absolute Gasteiger partial charge is 0.490 e. The number of carboxylic acid groups (broad SMARTS) is 2. The van der Waals surface area contributed by atoms with Crippen LogP contribution in [0.4, 0.5) is 46.5 Å². The van der Waals surface area contributed by atoms with Crippen molar-refractivity contribution < 1.29 is 59.7 Å². The van der Waals surface area contributed by atoms with Gasteiger partial charge in [0.25, 0.3) is 5.91 Å². The lowest BCUT2D eigenvalue weighted by atomic mass is 10.1. The number of nitrogens with zero attached hydrogens (tertiary/aromatic N) is 2. The maximum absolute atomic E-state index is 13.4. The second kappa shape index (κ2) is 15.8. The van der Waals surface area contributed by atoms with Crippen LogP contribution in [0, 0.1) is 11.6 Å². The average molecular weight is 650 g/mol. The molecule has 1 saturated heterocycles. The van der Waals surface area contributed by atoms with E-state index in [0.29, 0.717) is 17.3 Å². The summed E-state index contributed by atoms with van der Waals surface area (Å²) in [5.41, 5.74) is 3.15. The standard InChI is InChI=1S/C25H25F2N3O.2C2HF3O2/c1-29(24-13-14-30(17-24)16-18-3-2-4-21(27)15-18)23-11-9-22(10-12-23)28-25(31)19-5-7-20(26)8-6-19;2*3-2(4,5)1(6)7/h2-12,15,24H,13-14,16-17H2,1H3,(H,28,31);2*(H,6,7). The van der Waals surface area contributed by atoms with E-state index in [-0.39, 0.29) is 17.5 Å². The molecule has 0 aliphatic carbocycles. The molecule has 45 heavy (non-hydrogen) atoms. The smallest absolute Gasteiger partial charge is 0.475 e. The first-order valence-corrected chi connectivity index (χ1v) is 12.8. The summed E-state index contributed by atoms with van der Waals surface area (Å²) in [6.45, 7) is 2.63. The maximum atomic E-state index is 13.4. The zero-order valence-electron chi connectivity index (χ0n) is 23.4. The van der Waals surface area contributed by atoms with Gasteiger partial charge in [-0.15, -0.1) is 0 Å². The number of carboxylic acids is 2. The highest BCUT2D eigenvalue weighted by atomic mass is 19.4. The van der Waals surface area contributed by atoms with Crippen molar-refractivity contribution in [2.45, 2.75) is 31.4 Å². The Hall–Kier alpha value is -4.73. The van der Waals surface area contributed by atoms with Crippen LogP contribution >= 0.6 is 0 Å². The lowest BCUT2D eigenvalue weighted by molar-refractivity contribution is -0.193. The average Bonchev–Trinajstić information content (AvgIpc) is 3.41. The van der Waals surface area contributed by atoms with Gasteiger partial charge < -0.3 is 20.4 Å². The number of likely N-dealkylation sites (N-methyl/N-ethyl adjacent to an activating group) is 1. The molecule has 1 atom stereocenters. The number of anilines is 2. The van der Waals surface area contributed by atoms with Gasteiger partial charge in [0.15, 0.2) is 0 Å². The van der Waals surface area contributed by atoms with Gasteiger partial charge in [-0.2, -0.15) is 26.3 Å². The van der Waals surface area contributed by atoms with Crippen LogP contribution in [0.15, 0.2) is 72.8 Å². The minimum Gasteiger partial charge on any atom is -0.475 e. The summed E-state index contributed by atoms with van der Waals surface area (Å²) in [7, 11) is 2.07. The number of amides is 1. The predicted octanol–water partition coefficient (Wildman–Crippen LogP) is 6.19. The molecule has 1 aliphatic heterocycles. The molecule has 1 unspecified atom stereocenters. The van der Waals surface area contributed by atoms with Gasteiger partial charge in [-0.05, 0) is 72.6 Å². The topological polar surface area (TPSA) is 110 Å². The zero-order valence-corrected chi connectivity index (χ0v) is 23.4. The fraction of sp³-hybridized carbons (Fsp3) is 0.276. The first-order valence-electron chi connectivity index (χ1n) is 12.8. The number of benzene rings is 3. The van der Waals surface area contributed by atoms with Gasteiger partial charge in [0.05, 0.1) is 0 Å². The molecule has 8 nitrogen and oxygen atoms in total. The summed E-state index contributed by atoms with van der Waals surface area (Å²) < 4.78 is 89.9. The number of carbonyl (C=O) groups is 3. The lowest BCUT2D eigenvalue weighted by Crippen LogP contribution is -2.34. The van der Waals surface area contributed by atoms with E-state index in [9.17, 15) is 39.9 Å². The molecule has 4 rings (SSSR count). The second-order valence-corrected chi connectivity index (χ2v) is 9.53. The van der Waals surface area contributed by atoms with Gasteiger partial charge in [-0.25, -0.2) is 18.4 Å². The molecule has 0 radical (unpaired) electrons. The Labute approximate surface area is 251 Å². The minimum atomic E-state index is -5.08. The molecular formula is C29H27F8N3O5. The molecule has 3 aromatic rings. The molecule has 1 fully saturated rings. The quantitative estimate of drug-likeness (QED) is 0.273. The fourth-order valence-corrected chi connectivity index (χ4v) is 3.96. The van der Waals surface area contributed by atoms with E-state index >= 15 is 0 Å². The Balaban J connectivity index is 0.000000421. The third kappa shape index (κ3) is 12.4. The van der Waals surface area contributed by atoms with Crippen LogP contribution in [0.5, 0.6) is 0 Å². The molecule has 0 saturated carbocycles. The van der Waals surface area contributed by atoms with E-state index in [1.807, 2.05) is 30.3 Å². The molecule has 1 aliphatic rings. The number of aliphatic carboxylic acids is 2. The van der Waals surface area contributed by atoms with E-state index in [1.54, 1.807) is 12.1 Å². The number of hydrogen-bond acceptors (Lipinski definition) is 5. The third-order valence-corrected chi connectivity index (χ3v) is 6.21. The summed E-state index contributed by atoms with van der Waals surface area (Å²) in [5, 5.41) is 17.1. The SMILES string of the molecule is CN(c1ccc(NC(=O)c2ccc(F)cc2)cc1)C1CCN(Cc2cccc(F)c2)C1.O=C(O)C(F)(F)F.O=C(O)C(F)(F)F. The Kier molecular flexibility index (Phi) is 12.8. The van der Waals surface area contributed by atoms with Crippen molar-refractivity contribution in [3.8, 4) is 0 Å². The van der Waals surface area contributed by atoms with Gasteiger partial charge >= 0.3 is 24.3 Å². The molecular weight excluding hydrogens is 622 g/mol. The van der Waals surface area contributed by atoms with Gasteiger partial charge in [0, 0.05) is 49.7 Å². The fourth-order valence-electron chi connectivity index (χ4n) is 3.96. The number of carbonyl (C=O) groups excluding carboxylic acids is 1. The van der Waals surface area contributed by atoms with Crippen molar-refractivity contribution in [3.63, 3.8) is 0 Å². The van der Waals surface area contributed by atoms with E-state index < -0.39 is 24.3 Å². The molecule has 3 aromatic carbocycles. The highest BCUT2D eigenvalue weighted by Crippen LogP contribution is 2.24. The predicted molar refractivity (Wildman–Crippen MR) is 147 cm³/mol. The van der Waals surface area contributed by atoms with E-state index in [4.69, 9.17) is 19.8 Å². The zero-order chi connectivity index (χ0) is 33.9. The first-order chi connectivity index (χ1) is 20.9. The van der Waals surface area contributed by atoms with Crippen molar-refractivity contribution in [1.29, 1.82) is 0 Å². The molecule has 0 aromatic heterocycles. The number of likely N-dealkylation sites (tertiary alicyclic amines) is 1. The molecule has 0 spiro atoms. The van der Waals surface area contributed by atoms with Gasteiger partial charge in [0.1, 0.15) is 11.6 Å². The number of rotatable bonds is 6. The van der Waals surface area contributed by atoms with Crippen LogP contribution in [-0.4, -0.2) is 71.5 Å². The minimum absolute atomic E-state index is 0.197. The molecule has 1 amide bonds. The lowest BCUT2D eigenvalue weighted by Gasteiger charge is -2.27. The van der Waals surface area contributed by atoms with Crippen molar-refractivity contribution >= 4 is 29.2 Å². The highest BCUT2D eigenvalue weighted by Gasteiger charge is 2.38. The number of hydrogen-bond donors (Lipinski definition) is 3. The van der Waals surface area contributed by atoms with Crippen molar-refractivity contribution in [3.05, 3.63) is 95.6 Å². The molecule has 244 valence electrons. The molecule has 0 bridgehead atoms. The van der Waals surface area contributed by atoms with E-state index in [2.05, 4.69) is 22.2 Å². The number of alkyl halides is 6. The van der Waals surface area contributed by atoms with E-state index in [0.717, 1.165) is 37.3 Å². The summed E-state index contributed by atoms with van der Waals surface area (Å²) in [6.07, 6.45) is -9.13. The van der Waals surface area contributed by atoms with Crippen LogP contribution in [-0.2, 0) is 16.1 Å². The summed E-state index contributed by atoms with van der Waals surface area (Å²) in [6, 6.07) is 20.3. The van der Waals surface area contributed by atoms with Gasteiger partial charge in [-0.1, -0.05) is 12.1 Å². The monoisotopic (exact) mass is 649 g/mol. The molecule has 3 N–H and O–H groups in total. The van der Waals surface area contributed by atoms with Crippen LogP contribution in [0.2, 0.25) is 0 Å². The van der Waals surface area contributed by atoms with Crippen molar-refractivity contribution in [2.75, 3.05) is 30.4 Å². The van der Waals surface area contributed by atoms with Gasteiger partial charge in [0.2, 0.25) is 0 Å². The Morgan fingerprint density at radius 1 is 0.844 bits per heavy atom. The summed E-state index contributed by atoms with van der Waals surface area (Å²) in [4.78, 5) is 34.7. The third-order valence-electron chi connectivity index (χ3n) is 6.21.